The van der Waals surface area contributed by atoms with Crippen molar-refractivity contribution >= 4 is 16.7 Å². The van der Waals surface area contributed by atoms with Crippen LogP contribution in [0.25, 0.3) is 10.8 Å². The Labute approximate surface area is 145 Å². The van der Waals surface area contributed by atoms with Gasteiger partial charge in [-0.2, -0.15) is 0 Å². The molecule has 25 heavy (non-hydrogen) atoms. The number of rotatable bonds is 6. The van der Waals surface area contributed by atoms with E-state index in [0.29, 0.717) is 24.3 Å². The largest absolute Gasteiger partial charge is 0.508 e. The highest BCUT2D eigenvalue weighted by Gasteiger charge is 2.09. The second-order valence-electron chi connectivity index (χ2n) is 5.49. The van der Waals surface area contributed by atoms with Crippen molar-refractivity contribution < 1.29 is 19.4 Å². The van der Waals surface area contributed by atoms with Crippen molar-refractivity contribution in [2.45, 2.75) is 6.42 Å². The van der Waals surface area contributed by atoms with E-state index in [9.17, 15) is 9.90 Å². The second-order valence-corrected chi connectivity index (χ2v) is 5.49. The Hall–Kier alpha value is -3.27. The third kappa shape index (κ3) is 3.98. The molecule has 0 aromatic heterocycles. The number of hydrogen-bond acceptors (Lipinski definition) is 4. The average molecular weight is 334 g/mol. The summed E-state index contributed by atoms with van der Waals surface area (Å²) < 4.78 is 11.1. The minimum Gasteiger partial charge on any atom is -0.508 e. The van der Waals surface area contributed by atoms with Crippen LogP contribution in [0.1, 0.15) is 5.56 Å². The molecule has 0 fully saturated rings. The highest BCUT2D eigenvalue weighted by Crippen LogP contribution is 2.27. The summed E-state index contributed by atoms with van der Waals surface area (Å²) in [7, 11) is 0. The number of aromatic hydroxyl groups is 1. The quantitative estimate of drug-likeness (QED) is 0.416. The molecule has 3 aromatic rings. The monoisotopic (exact) mass is 334 g/mol. The minimum atomic E-state index is -0.540. The Balaban J connectivity index is 1.74. The molecule has 3 rings (SSSR count). The molecule has 0 atom stereocenters. The van der Waals surface area contributed by atoms with Gasteiger partial charge in [-0.3, -0.25) is 0 Å². The summed E-state index contributed by atoms with van der Waals surface area (Å²) in [5.41, 5.74) is 0.690. The van der Waals surface area contributed by atoms with E-state index in [0.717, 1.165) is 22.6 Å². The molecule has 0 bridgehead atoms. The van der Waals surface area contributed by atoms with Crippen LogP contribution in [-0.2, 0) is 11.2 Å². The molecule has 4 nitrogen and oxygen atoms in total. The zero-order valence-electron chi connectivity index (χ0n) is 13.6. The molecule has 0 aliphatic carbocycles. The van der Waals surface area contributed by atoms with Gasteiger partial charge in [0.1, 0.15) is 17.2 Å². The molecule has 0 heterocycles. The maximum Gasteiger partial charge on any atom is 0.335 e. The van der Waals surface area contributed by atoms with Crippen LogP contribution in [0.3, 0.4) is 0 Å². The van der Waals surface area contributed by atoms with Gasteiger partial charge in [0.15, 0.2) is 0 Å². The fraction of sp³-hybridized carbons (Fsp3) is 0.0952. The minimum absolute atomic E-state index is 0.110. The van der Waals surface area contributed by atoms with E-state index in [1.54, 1.807) is 12.1 Å². The predicted octanol–water partition coefficient (Wildman–Crippen LogP) is 4.26. The van der Waals surface area contributed by atoms with Crippen molar-refractivity contribution in [1.29, 1.82) is 0 Å². The topological polar surface area (TPSA) is 55.8 Å². The van der Waals surface area contributed by atoms with E-state index in [2.05, 4.69) is 6.58 Å². The van der Waals surface area contributed by atoms with Crippen LogP contribution in [0.15, 0.2) is 73.3 Å². The fourth-order valence-corrected chi connectivity index (χ4v) is 2.60. The molecule has 3 aromatic carbocycles. The number of fused-ring (bicyclic) bond motifs is 1. The van der Waals surface area contributed by atoms with Gasteiger partial charge in [0, 0.05) is 23.4 Å². The van der Waals surface area contributed by atoms with Crippen molar-refractivity contribution in [3.8, 4) is 17.2 Å². The predicted molar refractivity (Wildman–Crippen MR) is 97.1 cm³/mol. The van der Waals surface area contributed by atoms with E-state index in [4.69, 9.17) is 9.47 Å². The summed E-state index contributed by atoms with van der Waals surface area (Å²) in [6.07, 6.45) is 1.58. The standard InChI is InChI=1S/C21H18O4/c1-2-21(23)25-19-11-10-17(22)14-16(19)12-13-24-20-9-5-7-15-6-3-4-8-18(15)20/h2-11,14,22H,1,12-13H2. The van der Waals surface area contributed by atoms with Crippen LogP contribution >= 0.6 is 0 Å². The highest BCUT2D eigenvalue weighted by molar-refractivity contribution is 5.88. The van der Waals surface area contributed by atoms with Gasteiger partial charge in [-0.15, -0.1) is 0 Å². The van der Waals surface area contributed by atoms with Crippen LogP contribution in [0.5, 0.6) is 17.2 Å². The molecular formula is C21H18O4. The Morgan fingerprint density at radius 3 is 2.68 bits per heavy atom. The number of esters is 1. The van der Waals surface area contributed by atoms with Gasteiger partial charge in [0.05, 0.1) is 6.61 Å². The Morgan fingerprint density at radius 2 is 1.84 bits per heavy atom. The Bertz CT molecular complexity index is 909. The van der Waals surface area contributed by atoms with Gasteiger partial charge in [-0.1, -0.05) is 43.0 Å². The first-order valence-electron chi connectivity index (χ1n) is 7.94. The van der Waals surface area contributed by atoms with Gasteiger partial charge in [0.2, 0.25) is 0 Å². The molecule has 1 N–H and O–H groups in total. The Kier molecular flexibility index (Phi) is 5.00. The average Bonchev–Trinajstić information content (AvgIpc) is 2.64. The first-order valence-corrected chi connectivity index (χ1v) is 7.94. The van der Waals surface area contributed by atoms with Gasteiger partial charge in [-0.25, -0.2) is 4.79 Å². The third-order valence-electron chi connectivity index (χ3n) is 3.80. The summed E-state index contributed by atoms with van der Waals surface area (Å²) in [6.45, 7) is 3.77. The van der Waals surface area contributed by atoms with Crippen LogP contribution in [-0.4, -0.2) is 17.7 Å². The third-order valence-corrected chi connectivity index (χ3v) is 3.80. The maximum atomic E-state index is 11.4. The second kappa shape index (κ2) is 7.53. The molecule has 0 aliphatic heterocycles. The summed E-state index contributed by atoms with van der Waals surface area (Å²) in [6, 6.07) is 18.5. The van der Waals surface area contributed by atoms with Crippen LogP contribution in [0.4, 0.5) is 0 Å². The number of phenolic OH excluding ortho intramolecular Hbond substituents is 1. The van der Waals surface area contributed by atoms with Gasteiger partial charge >= 0.3 is 5.97 Å². The number of carbonyl (C=O) groups is 1. The van der Waals surface area contributed by atoms with E-state index in [-0.39, 0.29) is 5.75 Å². The summed E-state index contributed by atoms with van der Waals surface area (Å²) in [4.78, 5) is 11.4. The van der Waals surface area contributed by atoms with E-state index in [1.165, 1.54) is 6.07 Å². The number of ether oxygens (including phenoxy) is 2. The number of hydrogen-bond donors (Lipinski definition) is 1. The fourth-order valence-electron chi connectivity index (χ4n) is 2.60. The summed E-state index contributed by atoms with van der Waals surface area (Å²) in [5, 5.41) is 11.8. The maximum absolute atomic E-state index is 11.4. The first-order chi connectivity index (χ1) is 12.2. The lowest BCUT2D eigenvalue weighted by Gasteiger charge is -2.12. The highest BCUT2D eigenvalue weighted by atomic mass is 16.5. The van der Waals surface area contributed by atoms with Crippen molar-refractivity contribution in [2.24, 2.45) is 0 Å². The van der Waals surface area contributed by atoms with Gasteiger partial charge in [0.25, 0.3) is 0 Å². The summed E-state index contributed by atoms with van der Waals surface area (Å²) >= 11 is 0. The van der Waals surface area contributed by atoms with Crippen LogP contribution in [0, 0.1) is 0 Å². The van der Waals surface area contributed by atoms with Crippen LogP contribution < -0.4 is 9.47 Å². The molecular weight excluding hydrogens is 316 g/mol. The zero-order chi connectivity index (χ0) is 17.6. The molecule has 0 spiro atoms. The van der Waals surface area contributed by atoms with Crippen molar-refractivity contribution in [3.63, 3.8) is 0 Å². The van der Waals surface area contributed by atoms with Gasteiger partial charge < -0.3 is 14.6 Å². The van der Waals surface area contributed by atoms with Crippen molar-refractivity contribution in [3.05, 3.63) is 78.9 Å². The molecule has 0 saturated heterocycles. The smallest absolute Gasteiger partial charge is 0.335 e. The lowest BCUT2D eigenvalue weighted by Crippen LogP contribution is -2.08. The van der Waals surface area contributed by atoms with E-state index < -0.39 is 5.97 Å². The van der Waals surface area contributed by atoms with Crippen molar-refractivity contribution in [2.75, 3.05) is 6.61 Å². The molecule has 4 heteroatoms. The Morgan fingerprint density at radius 1 is 1.04 bits per heavy atom. The molecule has 0 radical (unpaired) electrons. The van der Waals surface area contributed by atoms with E-state index >= 15 is 0 Å². The molecule has 0 saturated carbocycles. The summed E-state index contributed by atoms with van der Waals surface area (Å²) in [5.74, 6) is 0.757. The van der Waals surface area contributed by atoms with Crippen molar-refractivity contribution in [1.82, 2.24) is 0 Å². The van der Waals surface area contributed by atoms with Gasteiger partial charge in [-0.05, 0) is 29.7 Å². The number of carbonyl (C=O) groups excluding carboxylic acids is 1. The molecule has 0 unspecified atom stereocenters. The van der Waals surface area contributed by atoms with E-state index in [1.807, 2.05) is 42.5 Å². The lowest BCUT2D eigenvalue weighted by molar-refractivity contribution is -0.129. The molecule has 0 amide bonds. The number of phenols is 1. The van der Waals surface area contributed by atoms with Crippen LogP contribution in [0.2, 0.25) is 0 Å². The zero-order valence-corrected chi connectivity index (χ0v) is 13.6. The normalized spacial score (nSPS) is 10.4. The SMILES string of the molecule is C=CC(=O)Oc1ccc(O)cc1CCOc1cccc2ccccc12. The first kappa shape index (κ1) is 16.6. The lowest BCUT2D eigenvalue weighted by atomic mass is 10.1. The molecule has 0 aliphatic rings. The number of benzene rings is 3. The molecule has 126 valence electrons.